The zero-order valence-corrected chi connectivity index (χ0v) is 17.3. The van der Waals surface area contributed by atoms with Crippen LogP contribution < -0.4 is 25.5 Å². The zero-order chi connectivity index (χ0) is 21.2. The van der Waals surface area contributed by atoms with Crippen LogP contribution in [0.3, 0.4) is 0 Å². The molecule has 2 aromatic rings. The van der Waals surface area contributed by atoms with Gasteiger partial charge in [0.25, 0.3) is 5.91 Å². The highest BCUT2D eigenvalue weighted by molar-refractivity contribution is 7.89. The van der Waals surface area contributed by atoms with E-state index in [-0.39, 0.29) is 27.3 Å². The van der Waals surface area contributed by atoms with E-state index in [0.29, 0.717) is 23.5 Å². The van der Waals surface area contributed by atoms with Gasteiger partial charge in [-0.15, -0.1) is 0 Å². The van der Waals surface area contributed by atoms with E-state index >= 15 is 0 Å². The minimum absolute atomic E-state index is 0.000736. The molecule has 0 unspecified atom stereocenters. The van der Waals surface area contributed by atoms with Gasteiger partial charge in [0.05, 0.1) is 18.5 Å². The first-order valence-electron chi connectivity index (χ1n) is 8.53. The second kappa shape index (κ2) is 8.15. The van der Waals surface area contributed by atoms with Crippen molar-refractivity contribution in [3.05, 3.63) is 48.0 Å². The van der Waals surface area contributed by atoms with Gasteiger partial charge in [-0.1, -0.05) is 24.3 Å². The summed E-state index contributed by atoms with van der Waals surface area (Å²) in [6.07, 6.45) is 0. The molecular weight excluding hydrogens is 414 g/mol. The van der Waals surface area contributed by atoms with Gasteiger partial charge in [0.15, 0.2) is 10.8 Å². The van der Waals surface area contributed by atoms with Gasteiger partial charge in [-0.05, 0) is 37.3 Å². The molecule has 0 saturated heterocycles. The number of anilines is 2. The summed E-state index contributed by atoms with van der Waals surface area (Å²) in [6, 6.07) is 11.3. The lowest BCUT2D eigenvalue weighted by Crippen LogP contribution is -2.32. The van der Waals surface area contributed by atoms with Crippen molar-refractivity contribution in [2.45, 2.75) is 11.8 Å². The quantitative estimate of drug-likeness (QED) is 0.481. The Labute approximate surface area is 173 Å². The number of carbonyl (C=O) groups is 1. The molecule has 1 aliphatic heterocycles. The van der Waals surface area contributed by atoms with Crippen molar-refractivity contribution >= 4 is 50.3 Å². The third kappa shape index (κ3) is 4.06. The first-order valence-corrected chi connectivity index (χ1v) is 10.5. The van der Waals surface area contributed by atoms with E-state index in [1.807, 2.05) is 6.92 Å². The topological polar surface area (TPSA) is 126 Å². The number of sulfonamides is 1. The van der Waals surface area contributed by atoms with Crippen molar-refractivity contribution in [2.24, 2.45) is 10.2 Å². The Morgan fingerprint density at radius 1 is 1.24 bits per heavy atom. The molecule has 1 amide bonds. The fraction of sp³-hybridized carbons (Fsp3) is 0.167. The van der Waals surface area contributed by atoms with Crippen molar-refractivity contribution in [1.29, 1.82) is 0 Å². The Hall–Kier alpha value is -3.02. The average Bonchev–Trinajstić information content (AvgIpc) is 2.96. The molecule has 3 rings (SSSR count). The number of para-hydroxylation sites is 2. The number of ether oxygens (including phenoxy) is 1. The van der Waals surface area contributed by atoms with Crippen molar-refractivity contribution in [3.8, 4) is 5.75 Å². The van der Waals surface area contributed by atoms with Gasteiger partial charge in [0.2, 0.25) is 10.0 Å². The number of thiocarbonyl (C=S) groups is 1. The predicted molar refractivity (Wildman–Crippen MR) is 115 cm³/mol. The highest BCUT2D eigenvalue weighted by Crippen LogP contribution is 2.37. The van der Waals surface area contributed by atoms with E-state index < -0.39 is 10.0 Å². The van der Waals surface area contributed by atoms with Gasteiger partial charge >= 0.3 is 0 Å². The van der Waals surface area contributed by atoms with Gasteiger partial charge < -0.3 is 15.0 Å². The van der Waals surface area contributed by atoms with Crippen molar-refractivity contribution in [1.82, 2.24) is 5.43 Å². The molecule has 0 fully saturated rings. The fourth-order valence-electron chi connectivity index (χ4n) is 2.99. The second-order valence-electron chi connectivity index (χ2n) is 5.97. The minimum Gasteiger partial charge on any atom is -0.495 e. The molecule has 0 spiro atoms. The number of fused-ring (bicyclic) bond motifs is 1. The molecular formula is C18H19N5O4S2. The first kappa shape index (κ1) is 20.7. The highest BCUT2D eigenvalue weighted by atomic mass is 32.2. The minimum atomic E-state index is -3.94. The number of rotatable bonds is 5. The summed E-state index contributed by atoms with van der Waals surface area (Å²) in [5.41, 5.74) is 4.21. The van der Waals surface area contributed by atoms with Crippen LogP contribution in [0, 0.1) is 0 Å². The number of nitrogens with one attached hydrogen (secondary N) is 2. The highest BCUT2D eigenvalue weighted by Gasteiger charge is 2.35. The summed E-state index contributed by atoms with van der Waals surface area (Å²) in [7, 11) is -2.41. The van der Waals surface area contributed by atoms with E-state index in [4.69, 9.17) is 22.1 Å². The predicted octanol–water partition coefficient (Wildman–Crippen LogP) is 1.40. The molecule has 1 heterocycles. The lowest BCUT2D eigenvalue weighted by molar-refractivity contribution is -0.112. The molecule has 1 aliphatic rings. The average molecular weight is 434 g/mol. The fourth-order valence-corrected chi connectivity index (χ4v) is 3.84. The van der Waals surface area contributed by atoms with Crippen LogP contribution in [0.1, 0.15) is 12.5 Å². The van der Waals surface area contributed by atoms with Crippen LogP contribution in [-0.4, -0.2) is 38.8 Å². The third-order valence-corrected chi connectivity index (χ3v) is 5.38. The Morgan fingerprint density at radius 2 is 1.97 bits per heavy atom. The number of nitrogens with zero attached hydrogens (tertiary/aromatic N) is 2. The molecule has 0 bridgehead atoms. The van der Waals surface area contributed by atoms with E-state index in [1.54, 1.807) is 35.2 Å². The van der Waals surface area contributed by atoms with E-state index in [0.717, 1.165) is 0 Å². The number of hydrazone groups is 1. The number of carbonyl (C=O) groups excluding carboxylic acids is 1. The van der Waals surface area contributed by atoms with Crippen molar-refractivity contribution < 1.29 is 17.9 Å². The molecule has 4 N–H and O–H groups in total. The summed E-state index contributed by atoms with van der Waals surface area (Å²) in [5, 5.41) is 12.1. The molecule has 152 valence electrons. The SMILES string of the molecule is CCN1C(=O)C(=NNC(=S)Nc2ccccc2S(N)(=O)=O)c2cccc(OC)c21. The Kier molecular flexibility index (Phi) is 5.82. The number of likely N-dealkylation sites (N-methyl/N-ethyl adjacent to an activating group) is 1. The number of amides is 1. The van der Waals surface area contributed by atoms with Crippen molar-refractivity contribution in [3.63, 3.8) is 0 Å². The number of methoxy groups -OCH3 is 1. The number of hydrogen-bond acceptors (Lipinski definition) is 6. The van der Waals surface area contributed by atoms with E-state index in [2.05, 4.69) is 15.8 Å². The zero-order valence-electron chi connectivity index (χ0n) is 15.7. The number of hydrogen-bond donors (Lipinski definition) is 3. The standard InChI is InChI=1S/C18H19N5O4S2/c1-3-23-16-11(7-6-9-13(16)27-2)15(17(23)24)21-22-18(28)20-12-8-4-5-10-14(12)29(19,25)26/h4-10H,3H2,1-2H3,(H2,19,25,26)(H2,20,22,28). The smallest absolute Gasteiger partial charge is 0.279 e. The molecule has 29 heavy (non-hydrogen) atoms. The van der Waals surface area contributed by atoms with Gasteiger partial charge in [-0.2, -0.15) is 5.10 Å². The monoisotopic (exact) mass is 433 g/mol. The summed E-state index contributed by atoms with van der Waals surface area (Å²) in [4.78, 5) is 14.2. The van der Waals surface area contributed by atoms with Crippen LogP contribution in [0.25, 0.3) is 0 Å². The van der Waals surface area contributed by atoms with Crippen molar-refractivity contribution in [2.75, 3.05) is 23.9 Å². The van der Waals surface area contributed by atoms with Gasteiger partial charge in [-0.3, -0.25) is 10.2 Å². The number of primary sulfonamides is 1. The Balaban J connectivity index is 1.87. The summed E-state index contributed by atoms with van der Waals surface area (Å²) < 4.78 is 28.8. The molecule has 0 saturated carbocycles. The number of nitrogens with two attached hydrogens (primary N) is 1. The molecule has 9 nitrogen and oxygen atoms in total. The van der Waals surface area contributed by atoms with Gasteiger partial charge in [-0.25, -0.2) is 13.6 Å². The summed E-state index contributed by atoms with van der Waals surface area (Å²) in [6.45, 7) is 2.29. The maximum Gasteiger partial charge on any atom is 0.279 e. The van der Waals surface area contributed by atoms with Crippen LogP contribution in [0.15, 0.2) is 52.5 Å². The second-order valence-corrected chi connectivity index (χ2v) is 7.91. The van der Waals surface area contributed by atoms with E-state index in [9.17, 15) is 13.2 Å². The lowest BCUT2D eigenvalue weighted by atomic mass is 10.1. The maximum atomic E-state index is 12.8. The van der Waals surface area contributed by atoms with Gasteiger partial charge in [0, 0.05) is 12.1 Å². The molecule has 0 radical (unpaired) electrons. The van der Waals surface area contributed by atoms with Crippen LogP contribution in [-0.2, 0) is 14.8 Å². The summed E-state index contributed by atoms with van der Waals surface area (Å²) >= 11 is 5.18. The normalized spacial score (nSPS) is 14.7. The summed E-state index contributed by atoms with van der Waals surface area (Å²) in [5.74, 6) is 0.262. The van der Waals surface area contributed by atoms with Gasteiger partial charge in [0.1, 0.15) is 10.6 Å². The third-order valence-electron chi connectivity index (χ3n) is 4.22. The largest absolute Gasteiger partial charge is 0.495 e. The molecule has 0 aromatic heterocycles. The molecule has 11 heteroatoms. The Morgan fingerprint density at radius 3 is 2.62 bits per heavy atom. The van der Waals surface area contributed by atoms with Crippen LogP contribution in [0.4, 0.5) is 11.4 Å². The Bertz CT molecular complexity index is 1110. The first-order chi connectivity index (χ1) is 13.8. The van der Waals surface area contributed by atoms with E-state index in [1.165, 1.54) is 19.2 Å². The lowest BCUT2D eigenvalue weighted by Gasteiger charge is -2.16. The molecule has 0 atom stereocenters. The number of benzene rings is 2. The molecule has 0 aliphatic carbocycles. The van der Waals surface area contributed by atoms with Crippen LogP contribution in [0.2, 0.25) is 0 Å². The maximum absolute atomic E-state index is 12.8. The molecule has 2 aromatic carbocycles. The van der Waals surface area contributed by atoms with Crippen LogP contribution >= 0.6 is 12.2 Å². The van der Waals surface area contributed by atoms with Crippen LogP contribution in [0.5, 0.6) is 5.75 Å².